The number of carbonyl (C=O) groups excluding carboxylic acids is 2. The molecule has 2 amide bonds. The first-order valence-electron chi connectivity index (χ1n) is 8.93. The minimum atomic E-state index is -1.20. The van der Waals surface area contributed by atoms with Gasteiger partial charge in [-0.3, -0.25) is 14.5 Å². The molecule has 7 heteroatoms. The smallest absolute Gasteiger partial charge is 0.330 e. The van der Waals surface area contributed by atoms with Crippen molar-refractivity contribution in [3.8, 4) is 5.75 Å². The van der Waals surface area contributed by atoms with Gasteiger partial charge in [-0.1, -0.05) is 41.5 Å². The summed E-state index contributed by atoms with van der Waals surface area (Å²) in [5, 5.41) is 12.1. The first kappa shape index (κ1) is 19.4. The highest BCUT2D eigenvalue weighted by Crippen LogP contribution is 2.33. The first-order valence-corrected chi connectivity index (χ1v) is 8.93. The van der Waals surface area contributed by atoms with E-state index in [1.807, 2.05) is 19.9 Å². The maximum atomic E-state index is 12.6. The number of hydrogen-bond donors (Lipinski definition) is 2. The predicted octanol–water partition coefficient (Wildman–Crippen LogP) is 2.36. The van der Waals surface area contributed by atoms with E-state index in [0.717, 1.165) is 11.1 Å². The molecule has 2 unspecified atom stereocenters. The number of anilines is 1. The molecule has 2 N–H and O–H groups in total. The molecule has 2 atom stereocenters. The number of carbonyl (C=O) groups is 3. The fourth-order valence-electron chi connectivity index (χ4n) is 3.34. The van der Waals surface area contributed by atoms with Crippen LogP contribution in [0, 0.1) is 13.8 Å². The zero-order valence-electron chi connectivity index (χ0n) is 15.9. The van der Waals surface area contributed by atoms with Gasteiger partial charge in [0.05, 0.1) is 5.69 Å². The number of amides is 2. The van der Waals surface area contributed by atoms with Gasteiger partial charge < -0.3 is 15.2 Å². The van der Waals surface area contributed by atoms with Crippen molar-refractivity contribution < 1.29 is 24.2 Å². The molecule has 28 heavy (non-hydrogen) atoms. The Morgan fingerprint density at radius 3 is 2.46 bits per heavy atom. The van der Waals surface area contributed by atoms with E-state index in [2.05, 4.69) is 5.32 Å². The van der Waals surface area contributed by atoms with Crippen molar-refractivity contribution in [3.63, 3.8) is 0 Å². The molecule has 0 bridgehead atoms. The number of aliphatic carboxylic acids is 1. The van der Waals surface area contributed by atoms with Crippen LogP contribution in [0.15, 0.2) is 42.5 Å². The van der Waals surface area contributed by atoms with Crippen LogP contribution in [-0.4, -0.2) is 35.5 Å². The Kier molecular flexibility index (Phi) is 5.35. The molecule has 0 aliphatic carbocycles. The van der Waals surface area contributed by atoms with Gasteiger partial charge in [0.1, 0.15) is 12.3 Å². The van der Waals surface area contributed by atoms with Crippen LogP contribution in [0.3, 0.4) is 0 Å². The SMILES string of the molecule is Cc1cc(C)cc(C(NC(=O)CN2C(=O)C(C)Oc3ccccc32)C(=O)O)c1. The first-order chi connectivity index (χ1) is 13.3. The molecule has 146 valence electrons. The third-order valence-electron chi connectivity index (χ3n) is 4.50. The summed E-state index contributed by atoms with van der Waals surface area (Å²) in [4.78, 5) is 38.2. The minimum Gasteiger partial charge on any atom is -0.479 e. The molecular weight excluding hydrogens is 360 g/mol. The lowest BCUT2D eigenvalue weighted by molar-refractivity contribution is -0.141. The molecule has 7 nitrogen and oxygen atoms in total. The Balaban J connectivity index is 1.82. The van der Waals surface area contributed by atoms with E-state index in [1.54, 1.807) is 43.3 Å². The summed E-state index contributed by atoms with van der Waals surface area (Å²) in [7, 11) is 0. The second-order valence-corrected chi connectivity index (χ2v) is 6.91. The van der Waals surface area contributed by atoms with Crippen molar-refractivity contribution in [1.29, 1.82) is 0 Å². The monoisotopic (exact) mass is 382 g/mol. The van der Waals surface area contributed by atoms with Gasteiger partial charge in [-0.05, 0) is 38.5 Å². The molecule has 1 aliphatic heterocycles. The van der Waals surface area contributed by atoms with Gasteiger partial charge in [0.25, 0.3) is 5.91 Å². The van der Waals surface area contributed by atoms with Crippen LogP contribution < -0.4 is 15.0 Å². The number of carboxylic acids is 1. The molecule has 2 aromatic rings. The summed E-state index contributed by atoms with van der Waals surface area (Å²) in [6, 6.07) is 11.1. The molecule has 1 aliphatic rings. The standard InChI is InChI=1S/C21H22N2O5/c1-12-8-13(2)10-15(9-12)19(21(26)27)22-18(24)11-23-16-6-4-5-7-17(16)28-14(3)20(23)25/h4-10,14,19H,11H2,1-3H3,(H,22,24)(H,26,27). The second kappa shape index (κ2) is 7.72. The highest BCUT2D eigenvalue weighted by atomic mass is 16.5. The van der Waals surface area contributed by atoms with E-state index in [4.69, 9.17) is 4.74 Å². The normalized spacial score (nSPS) is 16.8. The van der Waals surface area contributed by atoms with Crippen LogP contribution >= 0.6 is 0 Å². The van der Waals surface area contributed by atoms with E-state index in [1.165, 1.54) is 4.90 Å². The highest BCUT2D eigenvalue weighted by Gasteiger charge is 2.33. The zero-order chi connectivity index (χ0) is 20.4. The lowest BCUT2D eigenvalue weighted by atomic mass is 10.0. The van der Waals surface area contributed by atoms with Crippen LogP contribution in [0.2, 0.25) is 0 Å². The van der Waals surface area contributed by atoms with E-state index < -0.39 is 24.0 Å². The zero-order valence-corrected chi connectivity index (χ0v) is 15.9. The van der Waals surface area contributed by atoms with Crippen molar-refractivity contribution in [3.05, 3.63) is 59.2 Å². The molecular formula is C21H22N2O5. The Labute approximate surface area is 162 Å². The Hall–Kier alpha value is -3.35. The summed E-state index contributed by atoms with van der Waals surface area (Å²) in [6.45, 7) is 5.04. The van der Waals surface area contributed by atoms with E-state index in [-0.39, 0.29) is 12.5 Å². The van der Waals surface area contributed by atoms with E-state index >= 15 is 0 Å². The van der Waals surface area contributed by atoms with Crippen molar-refractivity contribution in [2.45, 2.75) is 32.9 Å². The Bertz CT molecular complexity index is 920. The Morgan fingerprint density at radius 2 is 1.82 bits per heavy atom. The average Bonchev–Trinajstić information content (AvgIpc) is 2.62. The average molecular weight is 382 g/mol. The van der Waals surface area contributed by atoms with Crippen LogP contribution in [0.1, 0.15) is 29.7 Å². The van der Waals surface area contributed by atoms with E-state index in [0.29, 0.717) is 17.0 Å². The van der Waals surface area contributed by atoms with Gasteiger partial charge in [-0.2, -0.15) is 0 Å². The maximum Gasteiger partial charge on any atom is 0.330 e. The maximum absolute atomic E-state index is 12.6. The van der Waals surface area contributed by atoms with Crippen LogP contribution in [0.5, 0.6) is 5.75 Å². The fraction of sp³-hybridized carbons (Fsp3) is 0.286. The topological polar surface area (TPSA) is 95.9 Å². The third-order valence-corrected chi connectivity index (χ3v) is 4.50. The van der Waals surface area contributed by atoms with Gasteiger partial charge in [0.15, 0.2) is 12.1 Å². The molecule has 0 spiro atoms. The number of rotatable bonds is 5. The van der Waals surface area contributed by atoms with Crippen LogP contribution in [-0.2, 0) is 14.4 Å². The number of hydrogen-bond acceptors (Lipinski definition) is 4. The number of fused-ring (bicyclic) bond motifs is 1. The molecule has 3 rings (SSSR count). The Morgan fingerprint density at radius 1 is 1.18 bits per heavy atom. The molecule has 0 saturated heterocycles. The lowest BCUT2D eigenvalue weighted by Crippen LogP contribution is -2.49. The van der Waals surface area contributed by atoms with E-state index in [9.17, 15) is 19.5 Å². The summed E-state index contributed by atoms with van der Waals surface area (Å²) in [5.74, 6) is -1.58. The van der Waals surface area contributed by atoms with Gasteiger partial charge in [0.2, 0.25) is 5.91 Å². The van der Waals surface area contributed by atoms with Crippen LogP contribution in [0.4, 0.5) is 5.69 Å². The fourth-order valence-corrected chi connectivity index (χ4v) is 3.34. The van der Waals surface area contributed by atoms with Crippen molar-refractivity contribution in [2.75, 3.05) is 11.4 Å². The number of ether oxygens (including phenoxy) is 1. The van der Waals surface area contributed by atoms with Crippen molar-refractivity contribution in [2.24, 2.45) is 0 Å². The predicted molar refractivity (Wildman–Crippen MR) is 103 cm³/mol. The summed E-state index contributed by atoms with van der Waals surface area (Å²) in [5.41, 5.74) is 2.78. The summed E-state index contributed by atoms with van der Waals surface area (Å²) in [6.07, 6.45) is -0.725. The molecule has 0 saturated carbocycles. The van der Waals surface area contributed by atoms with Gasteiger partial charge in [-0.15, -0.1) is 0 Å². The number of para-hydroxylation sites is 2. The molecule has 0 aromatic heterocycles. The molecule has 2 aromatic carbocycles. The number of benzene rings is 2. The number of nitrogens with zero attached hydrogens (tertiary/aromatic N) is 1. The molecule has 1 heterocycles. The third kappa shape index (κ3) is 3.98. The number of nitrogens with one attached hydrogen (secondary N) is 1. The number of carboxylic acid groups (broad SMARTS) is 1. The van der Waals surface area contributed by atoms with Gasteiger partial charge in [-0.25, -0.2) is 4.79 Å². The van der Waals surface area contributed by atoms with Gasteiger partial charge in [0, 0.05) is 0 Å². The number of aryl methyl sites for hydroxylation is 2. The summed E-state index contributed by atoms with van der Waals surface area (Å²) < 4.78 is 5.55. The van der Waals surface area contributed by atoms with Gasteiger partial charge >= 0.3 is 5.97 Å². The van der Waals surface area contributed by atoms with Crippen LogP contribution in [0.25, 0.3) is 0 Å². The molecule has 0 fully saturated rings. The quantitative estimate of drug-likeness (QED) is 0.828. The summed E-state index contributed by atoms with van der Waals surface area (Å²) >= 11 is 0. The lowest BCUT2D eigenvalue weighted by Gasteiger charge is -2.32. The van der Waals surface area contributed by atoms with Crippen molar-refractivity contribution in [1.82, 2.24) is 5.32 Å². The second-order valence-electron chi connectivity index (χ2n) is 6.91. The largest absolute Gasteiger partial charge is 0.479 e. The highest BCUT2D eigenvalue weighted by molar-refractivity contribution is 6.04. The van der Waals surface area contributed by atoms with Crippen molar-refractivity contribution >= 4 is 23.5 Å². The molecule has 0 radical (unpaired) electrons. The minimum absolute atomic E-state index is 0.294.